The van der Waals surface area contributed by atoms with Crippen LogP contribution in [0.25, 0.3) is 10.9 Å². The van der Waals surface area contributed by atoms with E-state index in [9.17, 15) is 13.2 Å². The van der Waals surface area contributed by atoms with Gasteiger partial charge in [0.25, 0.3) is 0 Å². The van der Waals surface area contributed by atoms with E-state index in [1.807, 2.05) is 47.4 Å². The first-order valence-electron chi connectivity index (χ1n) is 12.5. The number of ether oxygens (including phenoxy) is 1. The number of amides is 1. The largest absolute Gasteiger partial charge is 0.494 e. The van der Waals surface area contributed by atoms with Crippen LogP contribution in [0, 0.1) is 0 Å². The van der Waals surface area contributed by atoms with Crippen LogP contribution in [0.5, 0.6) is 5.75 Å². The first-order valence-corrected chi connectivity index (χ1v) is 14.4. The summed E-state index contributed by atoms with van der Waals surface area (Å²) < 4.78 is 30.4. The number of methoxy groups -OCH3 is 1. The van der Waals surface area contributed by atoms with Crippen LogP contribution < -0.4 is 20.3 Å². The van der Waals surface area contributed by atoms with Gasteiger partial charge in [0.15, 0.2) is 9.84 Å². The maximum atomic E-state index is 12.4. The van der Waals surface area contributed by atoms with Gasteiger partial charge in [-0.05, 0) is 36.4 Å². The first kappa shape index (κ1) is 26.2. The molecule has 0 aliphatic carbocycles. The first-order chi connectivity index (χ1) is 18.7. The normalized spacial score (nSPS) is 13.8. The number of sulfone groups is 1. The lowest BCUT2D eigenvalue weighted by atomic mass is 10.2. The van der Waals surface area contributed by atoms with Crippen molar-refractivity contribution < 1.29 is 17.9 Å². The lowest BCUT2D eigenvalue weighted by Gasteiger charge is -2.35. The molecule has 5 rings (SSSR count). The molecule has 1 aliphatic rings. The second-order valence-corrected chi connectivity index (χ2v) is 11.3. The van der Waals surface area contributed by atoms with Gasteiger partial charge in [0.05, 0.1) is 28.9 Å². The van der Waals surface area contributed by atoms with E-state index in [1.54, 1.807) is 38.3 Å². The van der Waals surface area contributed by atoms with Gasteiger partial charge >= 0.3 is 0 Å². The molecule has 11 heteroatoms. The quantitative estimate of drug-likeness (QED) is 0.352. The molecule has 2 heterocycles. The summed E-state index contributed by atoms with van der Waals surface area (Å²) in [7, 11) is -1.85. The molecule has 0 saturated carbocycles. The van der Waals surface area contributed by atoms with Crippen molar-refractivity contribution in [3.8, 4) is 5.75 Å². The minimum Gasteiger partial charge on any atom is -0.494 e. The summed E-state index contributed by atoms with van der Waals surface area (Å²) in [5, 5.41) is 7.21. The standard InChI is InChI=1S/C28H30N6O4S/c1-19(35)33-14-16-34(17-15-33)20-12-13-23(25(18-20)38-2)31-28-30-22-9-5-4-8-21(22)27(32-28)29-24-10-6-7-11-26(24)39(3,36)37/h4-13,18H,14-17H2,1-3H3,(H2,29,30,31,32). The van der Waals surface area contributed by atoms with Crippen LogP contribution in [-0.4, -0.2) is 68.7 Å². The minimum absolute atomic E-state index is 0.0934. The fourth-order valence-corrected chi connectivity index (χ4v) is 5.47. The van der Waals surface area contributed by atoms with Crippen LogP contribution in [0.3, 0.4) is 0 Å². The van der Waals surface area contributed by atoms with Gasteiger partial charge in [-0.15, -0.1) is 0 Å². The molecule has 3 aromatic carbocycles. The van der Waals surface area contributed by atoms with Crippen molar-refractivity contribution in [2.24, 2.45) is 0 Å². The second-order valence-electron chi connectivity index (χ2n) is 9.31. The van der Waals surface area contributed by atoms with Gasteiger partial charge in [-0.3, -0.25) is 4.79 Å². The summed E-state index contributed by atoms with van der Waals surface area (Å²) in [6, 6.07) is 20.1. The van der Waals surface area contributed by atoms with Crippen molar-refractivity contribution in [2.45, 2.75) is 11.8 Å². The Morgan fingerprint density at radius 2 is 1.62 bits per heavy atom. The Balaban J connectivity index is 1.45. The van der Waals surface area contributed by atoms with E-state index in [4.69, 9.17) is 9.72 Å². The highest BCUT2D eigenvalue weighted by Gasteiger charge is 2.20. The number of benzene rings is 3. The molecule has 0 bridgehead atoms. The monoisotopic (exact) mass is 546 g/mol. The molecule has 4 aromatic rings. The summed E-state index contributed by atoms with van der Waals surface area (Å²) in [6.07, 6.45) is 1.18. The SMILES string of the molecule is COc1cc(N2CCN(C(C)=O)CC2)ccc1Nc1nc(Nc2ccccc2S(C)(=O)=O)c2ccccc2n1. The van der Waals surface area contributed by atoms with Gasteiger partial charge in [0.2, 0.25) is 11.9 Å². The maximum absolute atomic E-state index is 12.4. The molecule has 1 fully saturated rings. The number of hydrogen-bond acceptors (Lipinski definition) is 9. The highest BCUT2D eigenvalue weighted by atomic mass is 32.2. The Labute approximate surface area is 227 Å². The fourth-order valence-electron chi connectivity index (χ4n) is 4.63. The highest BCUT2D eigenvalue weighted by molar-refractivity contribution is 7.90. The molecule has 1 aromatic heterocycles. The minimum atomic E-state index is -3.46. The van der Waals surface area contributed by atoms with E-state index in [0.29, 0.717) is 47.5 Å². The van der Waals surface area contributed by atoms with Crippen LogP contribution in [0.15, 0.2) is 71.6 Å². The number of para-hydroxylation sites is 2. The summed E-state index contributed by atoms with van der Waals surface area (Å²) in [5.74, 6) is 1.51. The lowest BCUT2D eigenvalue weighted by molar-refractivity contribution is -0.129. The predicted molar refractivity (Wildman–Crippen MR) is 153 cm³/mol. The number of hydrogen-bond donors (Lipinski definition) is 2. The summed E-state index contributed by atoms with van der Waals surface area (Å²) in [5.41, 5.74) is 2.80. The number of nitrogens with one attached hydrogen (secondary N) is 2. The number of nitrogens with zero attached hydrogens (tertiary/aromatic N) is 4. The number of anilines is 5. The number of carbonyl (C=O) groups is 1. The summed E-state index contributed by atoms with van der Waals surface area (Å²) >= 11 is 0. The molecule has 0 unspecified atom stereocenters. The van der Waals surface area contributed by atoms with Gasteiger partial charge in [0.1, 0.15) is 11.6 Å². The third kappa shape index (κ3) is 5.73. The Morgan fingerprint density at radius 1 is 0.897 bits per heavy atom. The second kappa shape index (κ2) is 10.8. The van der Waals surface area contributed by atoms with Crippen molar-refractivity contribution in [1.29, 1.82) is 0 Å². The lowest BCUT2D eigenvalue weighted by Crippen LogP contribution is -2.48. The van der Waals surface area contributed by atoms with Crippen LogP contribution in [0.4, 0.5) is 28.8 Å². The smallest absolute Gasteiger partial charge is 0.229 e. The van der Waals surface area contributed by atoms with Gasteiger partial charge < -0.3 is 25.2 Å². The molecule has 39 heavy (non-hydrogen) atoms. The Morgan fingerprint density at radius 3 is 2.33 bits per heavy atom. The van der Waals surface area contributed by atoms with Gasteiger partial charge in [-0.2, -0.15) is 4.98 Å². The predicted octanol–water partition coefficient (Wildman–Crippen LogP) is 4.20. The van der Waals surface area contributed by atoms with Gasteiger partial charge in [0, 0.05) is 56.5 Å². The van der Waals surface area contributed by atoms with Crippen molar-refractivity contribution in [3.63, 3.8) is 0 Å². The Kier molecular flexibility index (Phi) is 7.25. The van der Waals surface area contributed by atoms with E-state index >= 15 is 0 Å². The number of rotatable bonds is 7. The fraction of sp³-hybridized carbons (Fsp3) is 0.250. The van der Waals surface area contributed by atoms with E-state index in [1.165, 1.54) is 6.26 Å². The van der Waals surface area contributed by atoms with Gasteiger partial charge in [-0.1, -0.05) is 24.3 Å². The zero-order chi connectivity index (χ0) is 27.6. The maximum Gasteiger partial charge on any atom is 0.229 e. The average Bonchev–Trinajstić information content (AvgIpc) is 2.93. The zero-order valence-electron chi connectivity index (χ0n) is 22.0. The van der Waals surface area contributed by atoms with E-state index < -0.39 is 9.84 Å². The molecule has 0 radical (unpaired) electrons. The highest BCUT2D eigenvalue weighted by Crippen LogP contribution is 2.34. The summed E-state index contributed by atoms with van der Waals surface area (Å²) in [6.45, 7) is 4.45. The topological polar surface area (TPSA) is 117 Å². The van der Waals surface area contributed by atoms with Crippen molar-refractivity contribution >= 4 is 55.5 Å². The van der Waals surface area contributed by atoms with Crippen LogP contribution in [0.1, 0.15) is 6.92 Å². The van der Waals surface area contributed by atoms with Crippen LogP contribution in [0.2, 0.25) is 0 Å². The third-order valence-electron chi connectivity index (χ3n) is 6.66. The zero-order valence-corrected chi connectivity index (χ0v) is 22.8. The Hall–Kier alpha value is -4.38. The molecule has 10 nitrogen and oxygen atoms in total. The van der Waals surface area contributed by atoms with Crippen LogP contribution in [-0.2, 0) is 14.6 Å². The van der Waals surface area contributed by atoms with E-state index in [2.05, 4.69) is 20.5 Å². The number of carbonyl (C=O) groups excluding carboxylic acids is 1. The number of aromatic nitrogens is 2. The molecule has 0 atom stereocenters. The molecule has 1 amide bonds. The molecular weight excluding hydrogens is 516 g/mol. The van der Waals surface area contributed by atoms with Crippen LogP contribution >= 0.6 is 0 Å². The van der Waals surface area contributed by atoms with Gasteiger partial charge in [-0.25, -0.2) is 13.4 Å². The van der Waals surface area contributed by atoms with Crippen molar-refractivity contribution in [3.05, 3.63) is 66.7 Å². The Bertz CT molecular complexity index is 1630. The van der Waals surface area contributed by atoms with Crippen molar-refractivity contribution in [1.82, 2.24) is 14.9 Å². The number of piperazine rings is 1. The molecule has 1 saturated heterocycles. The van der Waals surface area contributed by atoms with Crippen molar-refractivity contribution in [2.75, 3.05) is 55.1 Å². The molecule has 202 valence electrons. The van der Waals surface area contributed by atoms with E-state index in [0.717, 1.165) is 24.2 Å². The number of fused-ring (bicyclic) bond motifs is 1. The molecule has 1 aliphatic heterocycles. The summed E-state index contributed by atoms with van der Waals surface area (Å²) in [4.78, 5) is 25.3. The molecule has 2 N–H and O–H groups in total. The molecular formula is C28H30N6O4S. The third-order valence-corrected chi connectivity index (χ3v) is 7.82. The van der Waals surface area contributed by atoms with E-state index in [-0.39, 0.29) is 10.8 Å². The molecule has 0 spiro atoms. The average molecular weight is 547 g/mol.